The summed E-state index contributed by atoms with van der Waals surface area (Å²) >= 11 is 5.25. The minimum absolute atomic E-state index is 0.219. The fourth-order valence-electron chi connectivity index (χ4n) is 0.178. The van der Waals surface area contributed by atoms with E-state index in [2.05, 4.69) is 9.99 Å². The molecule has 0 radical (unpaired) electrons. The molecular weight excluding hydrogens is 142 g/mol. The Balaban J connectivity index is 3.50. The van der Waals surface area contributed by atoms with Gasteiger partial charge in [-0.3, -0.25) is 0 Å². The Morgan fingerprint density at radius 3 is 2.67 bits per heavy atom. The zero-order valence-corrected chi connectivity index (χ0v) is 6.10. The number of hydrogen-bond donors (Lipinski definition) is 0. The predicted molar refractivity (Wildman–Crippen MR) is 35.3 cm³/mol. The number of oxime groups is 1. The Hall–Kier alpha value is -0.570. The molecule has 9 heavy (non-hydrogen) atoms. The third-order valence-corrected chi connectivity index (χ3v) is 0.631. The third kappa shape index (κ3) is 5.30. The highest BCUT2D eigenvalue weighted by atomic mass is 35.5. The van der Waals surface area contributed by atoms with Gasteiger partial charge in [0.1, 0.15) is 5.17 Å². The van der Waals surface area contributed by atoms with Crippen LogP contribution in [0.2, 0.25) is 0 Å². The van der Waals surface area contributed by atoms with Gasteiger partial charge >= 0.3 is 5.97 Å². The molecule has 0 spiro atoms. The molecule has 52 valence electrons. The second kappa shape index (κ2) is 4.32. The molecule has 0 fully saturated rings. The fraction of sp³-hybridized carbons (Fsp3) is 0.600. The maximum Gasteiger partial charge on any atom is 0.334 e. The predicted octanol–water partition coefficient (Wildman–Crippen LogP) is 1.51. The molecule has 4 heteroatoms. The summed E-state index contributed by atoms with van der Waals surface area (Å²) in [6, 6.07) is 0. The topological polar surface area (TPSA) is 38.7 Å². The molecule has 0 rings (SSSR count). The van der Waals surface area contributed by atoms with Crippen molar-refractivity contribution in [2.24, 2.45) is 5.16 Å². The average molecular weight is 150 g/mol. The molecule has 0 N–H and O–H groups in total. The standard InChI is InChI=1S/C5H8ClNO2/c1-3-5(8)9-7-4(2)6/h3H2,1-2H3/b7-4-. The molecular formula is C5H8ClNO2. The van der Waals surface area contributed by atoms with E-state index in [1.165, 1.54) is 6.92 Å². The van der Waals surface area contributed by atoms with Crippen LogP contribution in [0.4, 0.5) is 0 Å². The van der Waals surface area contributed by atoms with E-state index in [0.29, 0.717) is 6.42 Å². The molecule has 0 saturated carbocycles. The number of carbonyl (C=O) groups excluding carboxylic acids is 1. The quantitative estimate of drug-likeness (QED) is 0.339. The van der Waals surface area contributed by atoms with Crippen LogP contribution in [-0.4, -0.2) is 11.1 Å². The number of nitrogens with zero attached hydrogens (tertiary/aromatic N) is 1. The average Bonchev–Trinajstić information content (AvgIpc) is 1.83. The van der Waals surface area contributed by atoms with Crippen molar-refractivity contribution in [1.29, 1.82) is 0 Å². The van der Waals surface area contributed by atoms with Crippen molar-refractivity contribution in [1.82, 2.24) is 0 Å². The van der Waals surface area contributed by atoms with Crippen LogP contribution in [-0.2, 0) is 9.63 Å². The summed E-state index contributed by atoms with van der Waals surface area (Å²) in [7, 11) is 0. The molecule has 0 aliphatic carbocycles. The van der Waals surface area contributed by atoms with Gasteiger partial charge in [0.2, 0.25) is 0 Å². The largest absolute Gasteiger partial charge is 0.334 e. The molecule has 0 aromatic carbocycles. The first-order valence-corrected chi connectivity index (χ1v) is 2.94. The maximum atomic E-state index is 10.3. The number of halogens is 1. The van der Waals surface area contributed by atoms with E-state index in [1.807, 2.05) is 0 Å². The van der Waals surface area contributed by atoms with Gasteiger partial charge in [0.05, 0.1) is 0 Å². The van der Waals surface area contributed by atoms with Gasteiger partial charge in [0.25, 0.3) is 0 Å². The highest BCUT2D eigenvalue weighted by molar-refractivity contribution is 6.64. The van der Waals surface area contributed by atoms with Crippen molar-refractivity contribution in [2.45, 2.75) is 20.3 Å². The van der Waals surface area contributed by atoms with E-state index in [9.17, 15) is 4.79 Å². The lowest BCUT2D eigenvalue weighted by molar-refractivity contribution is -0.143. The van der Waals surface area contributed by atoms with Crippen LogP contribution in [0.25, 0.3) is 0 Å². The van der Waals surface area contributed by atoms with Crippen LogP contribution in [0.5, 0.6) is 0 Å². The zero-order valence-electron chi connectivity index (χ0n) is 5.35. The maximum absolute atomic E-state index is 10.3. The summed E-state index contributed by atoms with van der Waals surface area (Å²) in [4.78, 5) is 14.6. The SMILES string of the molecule is CCC(=O)O/N=C(/C)Cl. The molecule has 0 heterocycles. The first-order chi connectivity index (χ1) is 4.16. The van der Waals surface area contributed by atoms with Crippen LogP contribution in [0.15, 0.2) is 5.16 Å². The third-order valence-electron chi connectivity index (χ3n) is 0.562. The highest BCUT2D eigenvalue weighted by Crippen LogP contribution is 1.88. The van der Waals surface area contributed by atoms with Crippen molar-refractivity contribution >= 4 is 22.7 Å². The van der Waals surface area contributed by atoms with Crippen LogP contribution in [0.3, 0.4) is 0 Å². The Morgan fingerprint density at radius 2 is 2.33 bits per heavy atom. The lowest BCUT2D eigenvalue weighted by atomic mass is 10.5. The lowest BCUT2D eigenvalue weighted by Gasteiger charge is -1.90. The molecule has 0 atom stereocenters. The van der Waals surface area contributed by atoms with Crippen LogP contribution in [0, 0.1) is 0 Å². The van der Waals surface area contributed by atoms with E-state index < -0.39 is 0 Å². The monoisotopic (exact) mass is 149 g/mol. The van der Waals surface area contributed by atoms with Gasteiger partial charge in [0.15, 0.2) is 0 Å². The Kier molecular flexibility index (Phi) is 4.05. The van der Waals surface area contributed by atoms with Crippen molar-refractivity contribution < 1.29 is 9.63 Å². The molecule has 0 aliphatic rings. The fourth-order valence-corrected chi connectivity index (χ4v) is 0.213. The van der Waals surface area contributed by atoms with Crippen molar-refractivity contribution in [3.63, 3.8) is 0 Å². The Labute approximate surface area is 58.6 Å². The van der Waals surface area contributed by atoms with E-state index in [1.54, 1.807) is 6.92 Å². The number of hydrogen-bond acceptors (Lipinski definition) is 3. The van der Waals surface area contributed by atoms with Gasteiger partial charge < -0.3 is 4.84 Å². The number of rotatable bonds is 2. The summed E-state index contributed by atoms with van der Waals surface area (Å²) in [6.45, 7) is 3.21. The van der Waals surface area contributed by atoms with Crippen LogP contribution >= 0.6 is 11.6 Å². The molecule has 0 unspecified atom stereocenters. The van der Waals surface area contributed by atoms with Crippen molar-refractivity contribution in [3.05, 3.63) is 0 Å². The van der Waals surface area contributed by atoms with Gasteiger partial charge in [-0.1, -0.05) is 23.7 Å². The van der Waals surface area contributed by atoms with Crippen LogP contribution in [0.1, 0.15) is 20.3 Å². The Morgan fingerprint density at radius 1 is 1.78 bits per heavy atom. The zero-order chi connectivity index (χ0) is 7.28. The number of carbonyl (C=O) groups is 1. The van der Waals surface area contributed by atoms with Crippen molar-refractivity contribution in [3.8, 4) is 0 Å². The molecule has 0 amide bonds. The molecule has 0 aromatic rings. The van der Waals surface area contributed by atoms with Crippen LogP contribution < -0.4 is 0 Å². The summed E-state index contributed by atoms with van der Waals surface area (Å²) < 4.78 is 0. The smallest absolute Gasteiger partial charge is 0.317 e. The molecule has 0 aromatic heterocycles. The highest BCUT2D eigenvalue weighted by Gasteiger charge is 1.94. The summed E-state index contributed by atoms with van der Waals surface area (Å²) in [5.74, 6) is -0.380. The first-order valence-electron chi connectivity index (χ1n) is 2.56. The van der Waals surface area contributed by atoms with Gasteiger partial charge in [-0.05, 0) is 6.92 Å². The molecule has 3 nitrogen and oxygen atoms in total. The Bertz CT molecular complexity index is 129. The molecule has 0 bridgehead atoms. The van der Waals surface area contributed by atoms with Gasteiger partial charge in [-0.15, -0.1) is 0 Å². The van der Waals surface area contributed by atoms with Gasteiger partial charge in [-0.2, -0.15) is 0 Å². The lowest BCUT2D eigenvalue weighted by Crippen LogP contribution is -1.96. The van der Waals surface area contributed by atoms with E-state index in [4.69, 9.17) is 11.6 Å². The van der Waals surface area contributed by atoms with E-state index >= 15 is 0 Å². The van der Waals surface area contributed by atoms with Gasteiger partial charge in [0, 0.05) is 6.42 Å². The molecule has 0 aliphatic heterocycles. The van der Waals surface area contributed by atoms with E-state index in [0.717, 1.165) is 0 Å². The minimum atomic E-state index is -0.380. The summed E-state index contributed by atoms with van der Waals surface area (Å²) in [5, 5.41) is 3.45. The first kappa shape index (κ1) is 8.43. The van der Waals surface area contributed by atoms with E-state index in [-0.39, 0.29) is 11.1 Å². The minimum Gasteiger partial charge on any atom is -0.317 e. The van der Waals surface area contributed by atoms with Gasteiger partial charge in [-0.25, -0.2) is 4.79 Å². The molecule has 0 saturated heterocycles. The summed E-state index contributed by atoms with van der Waals surface area (Å²) in [6.07, 6.45) is 0.313. The summed E-state index contributed by atoms with van der Waals surface area (Å²) in [5.41, 5.74) is 0. The van der Waals surface area contributed by atoms with Crippen molar-refractivity contribution in [2.75, 3.05) is 0 Å². The second-order valence-corrected chi connectivity index (χ2v) is 1.95. The second-order valence-electron chi connectivity index (χ2n) is 1.41. The normalized spacial score (nSPS) is 11.2.